The molecule has 1 aromatic rings. The number of carbonyl (C=O) groups is 1. The summed E-state index contributed by atoms with van der Waals surface area (Å²) in [6.07, 6.45) is 5.30. The fraction of sp³-hybridized carbons (Fsp3) is 0.647. The summed E-state index contributed by atoms with van der Waals surface area (Å²) in [6, 6.07) is 3.61. The number of hydrogen-bond acceptors (Lipinski definition) is 5. The third-order valence-corrected chi connectivity index (χ3v) is 4.42. The molecule has 2 aliphatic heterocycles. The molecule has 0 saturated carbocycles. The summed E-state index contributed by atoms with van der Waals surface area (Å²) >= 11 is 0. The van der Waals surface area contributed by atoms with Crippen molar-refractivity contribution in [2.75, 3.05) is 43.1 Å². The van der Waals surface area contributed by atoms with Gasteiger partial charge in [0.2, 0.25) is 0 Å². The maximum Gasteiger partial charge on any atom is 0.320 e. The van der Waals surface area contributed by atoms with Gasteiger partial charge < -0.3 is 19.7 Å². The van der Waals surface area contributed by atoms with Gasteiger partial charge in [-0.2, -0.15) is 0 Å². The fourth-order valence-electron chi connectivity index (χ4n) is 3.16. The highest BCUT2D eigenvalue weighted by atomic mass is 16.5. The van der Waals surface area contributed by atoms with Crippen LogP contribution in [0.1, 0.15) is 26.2 Å². The van der Waals surface area contributed by atoms with E-state index in [0.29, 0.717) is 25.6 Å². The van der Waals surface area contributed by atoms with E-state index in [1.807, 2.05) is 12.1 Å². The van der Waals surface area contributed by atoms with Crippen molar-refractivity contribution in [1.29, 1.82) is 0 Å². The molecule has 3 heterocycles. The van der Waals surface area contributed by atoms with Crippen molar-refractivity contribution in [3.8, 4) is 0 Å². The van der Waals surface area contributed by atoms with Crippen LogP contribution in [0.5, 0.6) is 0 Å². The summed E-state index contributed by atoms with van der Waals surface area (Å²) in [5.41, 5.74) is 0.929. The number of pyridine rings is 1. The lowest BCUT2D eigenvalue weighted by atomic mass is 10.1. The minimum absolute atomic E-state index is 0.0990. The van der Waals surface area contributed by atoms with Crippen LogP contribution in [0.3, 0.4) is 0 Å². The zero-order valence-electron chi connectivity index (χ0n) is 14.2. The first-order chi connectivity index (χ1) is 11.7. The molecule has 2 atom stereocenters. The Morgan fingerprint density at radius 2 is 2.21 bits per heavy atom. The lowest BCUT2D eigenvalue weighted by Gasteiger charge is -2.30. The monoisotopic (exact) mass is 334 g/mol. The molecule has 2 aliphatic rings. The standard InChI is InChI=1S/C17H26N4O3/c1-13-4-2-5-14(24-13)12-19-17(22)20-16-15(6-3-7-18-16)21-8-10-23-11-9-21/h3,6-7,13-14H,2,4-5,8-12H2,1H3,(H2,18,19,20,22). The Morgan fingerprint density at radius 1 is 1.38 bits per heavy atom. The molecule has 132 valence electrons. The number of nitrogens with zero attached hydrogens (tertiary/aromatic N) is 2. The number of rotatable bonds is 4. The van der Waals surface area contributed by atoms with E-state index < -0.39 is 0 Å². The van der Waals surface area contributed by atoms with Crippen LogP contribution < -0.4 is 15.5 Å². The van der Waals surface area contributed by atoms with Crippen LogP contribution in [0.2, 0.25) is 0 Å². The van der Waals surface area contributed by atoms with Gasteiger partial charge in [0.15, 0.2) is 5.82 Å². The summed E-state index contributed by atoms with van der Waals surface area (Å²) in [7, 11) is 0. The second-order valence-electron chi connectivity index (χ2n) is 6.31. The van der Waals surface area contributed by atoms with Crippen molar-refractivity contribution in [3.05, 3.63) is 18.3 Å². The van der Waals surface area contributed by atoms with Crippen LogP contribution in [-0.2, 0) is 9.47 Å². The van der Waals surface area contributed by atoms with Gasteiger partial charge in [-0.1, -0.05) is 0 Å². The van der Waals surface area contributed by atoms with Gasteiger partial charge in [0.05, 0.1) is 31.1 Å². The summed E-state index contributed by atoms with van der Waals surface area (Å²) in [5, 5.41) is 5.75. The van der Waals surface area contributed by atoms with E-state index in [0.717, 1.165) is 38.0 Å². The topological polar surface area (TPSA) is 75.7 Å². The van der Waals surface area contributed by atoms with Crippen molar-refractivity contribution in [2.24, 2.45) is 0 Å². The molecule has 2 saturated heterocycles. The van der Waals surface area contributed by atoms with Gasteiger partial charge in [0, 0.05) is 25.8 Å². The number of carbonyl (C=O) groups excluding carboxylic acids is 1. The molecule has 0 spiro atoms. The molecular formula is C17H26N4O3. The Kier molecular flexibility index (Phi) is 5.87. The van der Waals surface area contributed by atoms with Crippen molar-refractivity contribution in [2.45, 2.75) is 38.4 Å². The Labute approximate surface area is 142 Å². The predicted molar refractivity (Wildman–Crippen MR) is 92.5 cm³/mol. The molecule has 1 aromatic heterocycles. The highest BCUT2D eigenvalue weighted by Crippen LogP contribution is 2.24. The van der Waals surface area contributed by atoms with E-state index in [1.54, 1.807) is 6.20 Å². The number of hydrogen-bond donors (Lipinski definition) is 2. The van der Waals surface area contributed by atoms with E-state index in [2.05, 4.69) is 27.4 Å². The number of ether oxygens (including phenoxy) is 2. The average molecular weight is 334 g/mol. The molecule has 7 nitrogen and oxygen atoms in total. The molecule has 24 heavy (non-hydrogen) atoms. The zero-order valence-corrected chi connectivity index (χ0v) is 14.2. The van der Waals surface area contributed by atoms with E-state index >= 15 is 0 Å². The average Bonchev–Trinajstić information content (AvgIpc) is 2.61. The van der Waals surface area contributed by atoms with Crippen LogP contribution in [0.4, 0.5) is 16.3 Å². The molecule has 2 amide bonds. The van der Waals surface area contributed by atoms with E-state index in [4.69, 9.17) is 9.47 Å². The third-order valence-electron chi connectivity index (χ3n) is 4.42. The molecular weight excluding hydrogens is 308 g/mol. The zero-order chi connectivity index (χ0) is 16.8. The van der Waals surface area contributed by atoms with Crippen molar-refractivity contribution in [3.63, 3.8) is 0 Å². The maximum atomic E-state index is 12.2. The van der Waals surface area contributed by atoms with Crippen LogP contribution in [0.15, 0.2) is 18.3 Å². The normalized spacial score (nSPS) is 24.5. The molecule has 2 N–H and O–H groups in total. The summed E-state index contributed by atoms with van der Waals surface area (Å²) in [6.45, 7) is 5.59. The second-order valence-corrected chi connectivity index (χ2v) is 6.31. The smallest absolute Gasteiger partial charge is 0.320 e. The van der Waals surface area contributed by atoms with Crippen LogP contribution >= 0.6 is 0 Å². The number of urea groups is 1. The minimum Gasteiger partial charge on any atom is -0.378 e. The Hall–Kier alpha value is -1.86. The Morgan fingerprint density at radius 3 is 3.00 bits per heavy atom. The van der Waals surface area contributed by atoms with E-state index in [9.17, 15) is 4.79 Å². The van der Waals surface area contributed by atoms with Crippen molar-refractivity contribution in [1.82, 2.24) is 10.3 Å². The fourth-order valence-corrected chi connectivity index (χ4v) is 3.16. The minimum atomic E-state index is -0.245. The second kappa shape index (κ2) is 8.30. The maximum absolute atomic E-state index is 12.2. The number of amides is 2. The van der Waals surface area contributed by atoms with E-state index in [1.165, 1.54) is 0 Å². The first kappa shape index (κ1) is 17.0. The predicted octanol–water partition coefficient (Wildman–Crippen LogP) is 2.00. The molecule has 3 rings (SSSR count). The first-order valence-electron chi connectivity index (χ1n) is 8.70. The SMILES string of the molecule is CC1CCCC(CNC(=O)Nc2ncccc2N2CCOCC2)O1. The van der Waals surface area contributed by atoms with Crippen LogP contribution in [0, 0.1) is 0 Å². The number of morpholine rings is 1. The highest BCUT2D eigenvalue weighted by molar-refractivity contribution is 5.91. The largest absolute Gasteiger partial charge is 0.378 e. The highest BCUT2D eigenvalue weighted by Gasteiger charge is 2.20. The summed E-state index contributed by atoms with van der Waals surface area (Å²) in [5.74, 6) is 0.579. The molecule has 2 unspecified atom stereocenters. The van der Waals surface area contributed by atoms with Crippen LogP contribution in [-0.4, -0.2) is 56.1 Å². The Bertz CT molecular complexity index is 548. The number of aromatic nitrogens is 1. The van der Waals surface area contributed by atoms with Gasteiger partial charge in [-0.15, -0.1) is 0 Å². The molecule has 0 radical (unpaired) electrons. The molecule has 0 aliphatic carbocycles. The molecule has 0 aromatic carbocycles. The van der Waals surface area contributed by atoms with Crippen molar-refractivity contribution >= 4 is 17.5 Å². The number of anilines is 2. The van der Waals surface area contributed by atoms with Gasteiger partial charge in [0.25, 0.3) is 0 Å². The summed E-state index contributed by atoms with van der Waals surface area (Å²) in [4.78, 5) is 18.7. The number of nitrogens with one attached hydrogen (secondary N) is 2. The van der Waals surface area contributed by atoms with Gasteiger partial charge in [-0.25, -0.2) is 9.78 Å². The summed E-state index contributed by atoms with van der Waals surface area (Å²) < 4.78 is 11.2. The lowest BCUT2D eigenvalue weighted by molar-refractivity contribution is -0.0367. The Balaban J connectivity index is 1.54. The van der Waals surface area contributed by atoms with Gasteiger partial charge >= 0.3 is 6.03 Å². The quantitative estimate of drug-likeness (QED) is 0.881. The van der Waals surface area contributed by atoms with Gasteiger partial charge in [0.1, 0.15) is 0 Å². The molecule has 2 fully saturated rings. The first-order valence-corrected chi connectivity index (χ1v) is 8.70. The molecule has 0 bridgehead atoms. The van der Waals surface area contributed by atoms with Gasteiger partial charge in [-0.05, 0) is 38.3 Å². The van der Waals surface area contributed by atoms with Gasteiger partial charge in [-0.3, -0.25) is 5.32 Å². The van der Waals surface area contributed by atoms with E-state index in [-0.39, 0.29) is 18.2 Å². The molecule has 7 heteroatoms. The van der Waals surface area contributed by atoms with Crippen molar-refractivity contribution < 1.29 is 14.3 Å². The lowest BCUT2D eigenvalue weighted by Crippen LogP contribution is -2.40. The third kappa shape index (κ3) is 4.58. The van der Waals surface area contributed by atoms with Crippen LogP contribution in [0.25, 0.3) is 0 Å².